The molecule has 120 valence electrons. The number of thiazole rings is 1. The lowest BCUT2D eigenvalue weighted by atomic mass is 10.1. The first-order valence-corrected chi connectivity index (χ1v) is 8.39. The zero-order chi connectivity index (χ0) is 16.4. The second-order valence-electron chi connectivity index (χ2n) is 5.63. The molecule has 3 aromatic rings. The van der Waals surface area contributed by atoms with Gasteiger partial charge in [0.15, 0.2) is 4.96 Å². The maximum absolute atomic E-state index is 11.2. The first-order chi connectivity index (χ1) is 11.0. The van der Waals surface area contributed by atoms with Crippen LogP contribution in [0.25, 0.3) is 4.96 Å². The Kier molecular flexibility index (Phi) is 4.45. The van der Waals surface area contributed by atoms with E-state index < -0.39 is 0 Å². The molecule has 0 aliphatic carbocycles. The van der Waals surface area contributed by atoms with Crippen LogP contribution in [0.5, 0.6) is 0 Å². The van der Waals surface area contributed by atoms with E-state index in [0.29, 0.717) is 5.56 Å². The van der Waals surface area contributed by atoms with Crippen molar-refractivity contribution in [1.29, 1.82) is 0 Å². The fourth-order valence-corrected chi connectivity index (χ4v) is 3.53. The van der Waals surface area contributed by atoms with Gasteiger partial charge in [0.2, 0.25) is 5.91 Å². The molecule has 5 nitrogen and oxygen atoms in total. The van der Waals surface area contributed by atoms with Crippen LogP contribution in [-0.4, -0.2) is 21.8 Å². The van der Waals surface area contributed by atoms with Gasteiger partial charge in [-0.15, -0.1) is 11.3 Å². The molecule has 23 heavy (non-hydrogen) atoms. The highest BCUT2D eigenvalue weighted by Crippen LogP contribution is 2.20. The van der Waals surface area contributed by atoms with Gasteiger partial charge in [-0.25, -0.2) is 4.98 Å². The number of benzene rings is 1. The molecule has 2 aromatic heterocycles. The van der Waals surface area contributed by atoms with Crippen LogP contribution in [0.3, 0.4) is 0 Å². The minimum Gasteiger partial charge on any atom is -0.366 e. The minimum atomic E-state index is -0.384. The molecule has 0 fully saturated rings. The Morgan fingerprint density at radius 2 is 2.22 bits per heavy atom. The molecule has 0 atom stereocenters. The maximum Gasteiger partial charge on any atom is 0.248 e. The van der Waals surface area contributed by atoms with Crippen molar-refractivity contribution in [3.05, 3.63) is 57.9 Å². The molecular formula is C17H20N4OS. The largest absolute Gasteiger partial charge is 0.366 e. The van der Waals surface area contributed by atoms with Crippen LogP contribution in [0.1, 0.15) is 32.2 Å². The van der Waals surface area contributed by atoms with E-state index in [1.54, 1.807) is 17.4 Å². The number of nitrogens with two attached hydrogens (primary N) is 1. The Bertz CT molecular complexity index is 850. The number of rotatable bonds is 6. The summed E-state index contributed by atoms with van der Waals surface area (Å²) in [6.45, 7) is 5.75. The second-order valence-corrected chi connectivity index (χ2v) is 6.84. The third-order valence-corrected chi connectivity index (χ3v) is 4.73. The predicted octanol–water partition coefficient (Wildman–Crippen LogP) is 2.44. The number of carbonyl (C=O) groups excluding carboxylic acids is 1. The highest BCUT2D eigenvalue weighted by Gasteiger charge is 2.10. The summed E-state index contributed by atoms with van der Waals surface area (Å²) in [6.07, 6.45) is 2.98. The van der Waals surface area contributed by atoms with Crippen LogP contribution in [0, 0.1) is 13.8 Å². The van der Waals surface area contributed by atoms with Gasteiger partial charge in [-0.1, -0.05) is 12.1 Å². The van der Waals surface area contributed by atoms with Crippen molar-refractivity contribution in [2.24, 2.45) is 5.73 Å². The van der Waals surface area contributed by atoms with Crippen LogP contribution >= 0.6 is 11.3 Å². The lowest BCUT2D eigenvalue weighted by Crippen LogP contribution is -2.18. The van der Waals surface area contributed by atoms with Crippen LogP contribution < -0.4 is 11.1 Å². The predicted molar refractivity (Wildman–Crippen MR) is 92.9 cm³/mol. The number of aryl methyl sites for hydroxylation is 2. The van der Waals surface area contributed by atoms with Gasteiger partial charge in [0.1, 0.15) is 0 Å². The monoisotopic (exact) mass is 328 g/mol. The van der Waals surface area contributed by atoms with Crippen LogP contribution in [0.15, 0.2) is 30.5 Å². The van der Waals surface area contributed by atoms with E-state index in [0.717, 1.165) is 35.7 Å². The Morgan fingerprint density at radius 3 is 3.00 bits per heavy atom. The van der Waals surface area contributed by atoms with E-state index >= 15 is 0 Å². The molecule has 2 heterocycles. The lowest BCUT2D eigenvalue weighted by Gasteiger charge is -2.06. The third kappa shape index (κ3) is 3.43. The Morgan fingerprint density at radius 1 is 1.39 bits per heavy atom. The van der Waals surface area contributed by atoms with E-state index in [9.17, 15) is 4.79 Å². The fourth-order valence-electron chi connectivity index (χ4n) is 2.64. The van der Waals surface area contributed by atoms with E-state index in [1.807, 2.05) is 25.1 Å². The van der Waals surface area contributed by atoms with Crippen molar-refractivity contribution in [3.8, 4) is 0 Å². The molecular weight excluding hydrogens is 308 g/mol. The quantitative estimate of drug-likeness (QED) is 0.683. The summed E-state index contributed by atoms with van der Waals surface area (Å²) in [6, 6.07) is 7.48. The number of fused-ring (bicyclic) bond motifs is 1. The molecule has 0 aliphatic heterocycles. The molecule has 3 N–H and O–H groups in total. The van der Waals surface area contributed by atoms with E-state index in [4.69, 9.17) is 5.73 Å². The van der Waals surface area contributed by atoms with Crippen molar-refractivity contribution in [1.82, 2.24) is 14.7 Å². The first kappa shape index (κ1) is 15.7. The van der Waals surface area contributed by atoms with Gasteiger partial charge in [-0.05, 0) is 44.5 Å². The number of nitrogens with zero attached hydrogens (tertiary/aromatic N) is 2. The number of amides is 1. The first-order valence-electron chi connectivity index (χ1n) is 7.58. The van der Waals surface area contributed by atoms with E-state index in [1.165, 1.54) is 10.6 Å². The van der Waals surface area contributed by atoms with Crippen LogP contribution in [0.2, 0.25) is 0 Å². The average molecular weight is 328 g/mol. The van der Waals surface area contributed by atoms with Crippen molar-refractivity contribution >= 4 is 22.2 Å². The number of nitrogens with one attached hydrogen (secondary N) is 1. The summed E-state index contributed by atoms with van der Waals surface area (Å²) in [5.74, 6) is -0.384. The summed E-state index contributed by atoms with van der Waals surface area (Å²) in [7, 11) is 0. The van der Waals surface area contributed by atoms with Gasteiger partial charge in [-0.2, -0.15) is 0 Å². The fraction of sp³-hybridized carbons (Fsp3) is 0.294. The summed E-state index contributed by atoms with van der Waals surface area (Å²) < 4.78 is 2.16. The summed E-state index contributed by atoms with van der Waals surface area (Å²) >= 11 is 1.71. The van der Waals surface area contributed by atoms with Gasteiger partial charge in [-0.3, -0.25) is 9.20 Å². The van der Waals surface area contributed by atoms with Crippen molar-refractivity contribution in [2.45, 2.75) is 26.8 Å². The molecule has 0 radical (unpaired) electrons. The highest BCUT2D eigenvalue weighted by atomic mass is 32.1. The summed E-state index contributed by atoms with van der Waals surface area (Å²) in [5, 5.41) is 3.45. The van der Waals surface area contributed by atoms with E-state index in [-0.39, 0.29) is 5.91 Å². The van der Waals surface area contributed by atoms with Gasteiger partial charge in [0.25, 0.3) is 0 Å². The number of carbonyl (C=O) groups is 1. The molecule has 6 heteroatoms. The highest BCUT2D eigenvalue weighted by molar-refractivity contribution is 7.17. The van der Waals surface area contributed by atoms with Crippen molar-refractivity contribution < 1.29 is 4.79 Å². The van der Waals surface area contributed by atoms with Gasteiger partial charge in [0, 0.05) is 23.2 Å². The molecule has 0 saturated heterocycles. The lowest BCUT2D eigenvalue weighted by molar-refractivity contribution is 0.1000. The van der Waals surface area contributed by atoms with Gasteiger partial charge < -0.3 is 11.1 Å². The minimum absolute atomic E-state index is 0.384. The number of aromatic nitrogens is 2. The summed E-state index contributed by atoms with van der Waals surface area (Å²) in [5.41, 5.74) is 9.25. The van der Waals surface area contributed by atoms with Gasteiger partial charge in [0.05, 0.1) is 11.4 Å². The number of primary amides is 1. The second kappa shape index (κ2) is 6.52. The standard InChI is InChI=1S/C17H20N4OS/c1-11-10-21-15(12(2)20-17(21)23-11)9-19-7-6-13-4-3-5-14(8-13)16(18)22/h3-5,8,10,19H,6-7,9H2,1-2H3,(H2,18,22). The Hall–Kier alpha value is -2.18. The summed E-state index contributed by atoms with van der Waals surface area (Å²) in [4.78, 5) is 18.1. The zero-order valence-corrected chi connectivity index (χ0v) is 14.1. The van der Waals surface area contributed by atoms with E-state index in [2.05, 4.69) is 27.8 Å². The Labute approximate surface area is 139 Å². The molecule has 3 rings (SSSR count). The molecule has 0 unspecified atom stereocenters. The SMILES string of the molecule is Cc1cn2c(CNCCc3cccc(C(N)=O)c3)c(C)nc2s1. The molecule has 0 bridgehead atoms. The third-order valence-electron chi connectivity index (χ3n) is 3.84. The Balaban J connectivity index is 1.60. The van der Waals surface area contributed by atoms with Gasteiger partial charge >= 0.3 is 0 Å². The molecule has 1 aromatic carbocycles. The molecule has 0 aliphatic rings. The average Bonchev–Trinajstić information content (AvgIpc) is 3.00. The van der Waals surface area contributed by atoms with Crippen LogP contribution in [0.4, 0.5) is 0 Å². The number of imidazole rings is 1. The topological polar surface area (TPSA) is 72.4 Å². The molecule has 0 saturated carbocycles. The van der Waals surface area contributed by atoms with Crippen LogP contribution in [-0.2, 0) is 13.0 Å². The maximum atomic E-state index is 11.2. The zero-order valence-electron chi connectivity index (χ0n) is 13.3. The normalized spacial score (nSPS) is 11.2. The number of hydrogen-bond donors (Lipinski definition) is 2. The number of hydrogen-bond acceptors (Lipinski definition) is 4. The smallest absolute Gasteiger partial charge is 0.248 e. The van der Waals surface area contributed by atoms with Crippen molar-refractivity contribution in [2.75, 3.05) is 6.54 Å². The molecule has 0 spiro atoms. The molecule has 1 amide bonds. The van der Waals surface area contributed by atoms with Crippen molar-refractivity contribution in [3.63, 3.8) is 0 Å².